The van der Waals surface area contributed by atoms with Gasteiger partial charge in [0, 0.05) is 6.42 Å². The monoisotopic (exact) mass is 316 g/mol. The molecule has 3 aromatic heterocycles. The van der Waals surface area contributed by atoms with E-state index in [2.05, 4.69) is 37.6 Å². The van der Waals surface area contributed by atoms with Crippen LogP contribution in [0.25, 0.3) is 15.7 Å². The summed E-state index contributed by atoms with van der Waals surface area (Å²) >= 11 is 7.49. The van der Waals surface area contributed by atoms with Crippen molar-refractivity contribution in [1.29, 1.82) is 0 Å². The fourth-order valence-corrected chi connectivity index (χ4v) is 3.17. The zero-order chi connectivity index (χ0) is 14.2. The maximum Gasteiger partial charge on any atom is 0.235 e. The molecule has 21 heavy (non-hydrogen) atoms. The number of rotatable bonds is 3. The summed E-state index contributed by atoms with van der Waals surface area (Å²) in [5.41, 5.74) is 1.87. The summed E-state index contributed by atoms with van der Waals surface area (Å²) in [5.74, 6) is 0.800. The minimum absolute atomic E-state index is 0.546. The van der Waals surface area contributed by atoms with Gasteiger partial charge in [-0.05, 0) is 5.56 Å². The molecule has 8 heteroatoms. The maximum absolute atomic E-state index is 6.07. The Kier molecular flexibility index (Phi) is 2.94. The highest BCUT2D eigenvalue weighted by molar-refractivity contribution is 7.19. The predicted octanol–water partition coefficient (Wildman–Crippen LogP) is 2.82. The molecule has 0 unspecified atom stereocenters. The smallest absolute Gasteiger partial charge is 0.235 e. The molecule has 0 aliphatic rings. The van der Waals surface area contributed by atoms with Gasteiger partial charge >= 0.3 is 0 Å². The quantitative estimate of drug-likeness (QED) is 0.631. The second kappa shape index (κ2) is 4.94. The lowest BCUT2D eigenvalue weighted by molar-refractivity contribution is 0.853. The van der Waals surface area contributed by atoms with Crippen molar-refractivity contribution in [3.8, 4) is 10.7 Å². The Hall–Kier alpha value is -2.25. The first-order valence-electron chi connectivity index (χ1n) is 6.25. The van der Waals surface area contributed by atoms with Crippen molar-refractivity contribution in [3.63, 3.8) is 0 Å². The summed E-state index contributed by atoms with van der Waals surface area (Å²) in [6.07, 6.45) is 2.24. The van der Waals surface area contributed by atoms with Crippen LogP contribution in [0.2, 0.25) is 5.02 Å². The van der Waals surface area contributed by atoms with E-state index in [1.165, 1.54) is 16.9 Å². The van der Waals surface area contributed by atoms with E-state index in [4.69, 9.17) is 11.6 Å². The van der Waals surface area contributed by atoms with Crippen LogP contribution < -0.4 is 0 Å². The molecule has 0 spiro atoms. The Balaban J connectivity index is 1.75. The molecular formula is C13H9ClN6S. The van der Waals surface area contributed by atoms with Gasteiger partial charge in [0.05, 0.1) is 11.2 Å². The highest BCUT2D eigenvalue weighted by atomic mass is 35.5. The molecule has 4 aromatic rings. The molecule has 0 radical (unpaired) electrons. The molecule has 0 aliphatic carbocycles. The maximum atomic E-state index is 6.07. The minimum Gasteiger partial charge on any atom is -0.274 e. The zero-order valence-electron chi connectivity index (χ0n) is 10.7. The second-order valence-corrected chi connectivity index (χ2v) is 5.84. The molecule has 0 amide bonds. The van der Waals surface area contributed by atoms with Crippen LogP contribution in [0.1, 0.15) is 11.4 Å². The van der Waals surface area contributed by atoms with E-state index < -0.39 is 0 Å². The summed E-state index contributed by atoms with van der Waals surface area (Å²) in [4.78, 5) is 0.738. The van der Waals surface area contributed by atoms with E-state index in [1.807, 2.05) is 18.2 Å². The molecule has 104 valence electrons. The van der Waals surface area contributed by atoms with Crippen LogP contribution in [-0.2, 0) is 6.42 Å². The number of aromatic nitrogens is 6. The molecule has 3 heterocycles. The van der Waals surface area contributed by atoms with Crippen LogP contribution in [0.3, 0.4) is 0 Å². The zero-order valence-corrected chi connectivity index (χ0v) is 12.3. The lowest BCUT2D eigenvalue weighted by Crippen LogP contribution is -1.97. The van der Waals surface area contributed by atoms with Crippen molar-refractivity contribution >= 4 is 27.9 Å². The Labute approximate surface area is 128 Å². The fraction of sp³-hybridized carbons (Fsp3) is 0.0769. The van der Waals surface area contributed by atoms with Crippen LogP contribution in [0.4, 0.5) is 0 Å². The summed E-state index contributed by atoms with van der Waals surface area (Å²) < 4.78 is 1.75. The van der Waals surface area contributed by atoms with Crippen LogP contribution in [0.15, 0.2) is 36.5 Å². The van der Waals surface area contributed by atoms with Gasteiger partial charge in [-0.2, -0.15) is 14.7 Å². The van der Waals surface area contributed by atoms with E-state index in [0.29, 0.717) is 17.1 Å². The number of nitrogens with one attached hydrogen (secondary N) is 1. The second-order valence-electron chi connectivity index (χ2n) is 4.47. The molecule has 0 atom stereocenters. The van der Waals surface area contributed by atoms with Gasteiger partial charge in [-0.15, -0.1) is 10.2 Å². The lowest BCUT2D eigenvalue weighted by Gasteiger charge is -1.97. The van der Waals surface area contributed by atoms with Crippen LogP contribution in [0, 0.1) is 0 Å². The molecule has 4 rings (SSSR count). The van der Waals surface area contributed by atoms with Crippen LogP contribution in [-0.4, -0.2) is 30.0 Å². The van der Waals surface area contributed by atoms with Crippen molar-refractivity contribution in [1.82, 2.24) is 30.0 Å². The summed E-state index contributed by atoms with van der Waals surface area (Å²) in [5, 5.41) is 20.9. The van der Waals surface area contributed by atoms with Gasteiger partial charge in [0.2, 0.25) is 4.96 Å². The molecule has 0 saturated heterocycles. The summed E-state index contributed by atoms with van der Waals surface area (Å²) in [7, 11) is 0. The number of H-pyrrole nitrogens is 1. The minimum atomic E-state index is 0.546. The molecule has 1 aromatic carbocycles. The van der Waals surface area contributed by atoms with Gasteiger partial charge in [-0.3, -0.25) is 5.10 Å². The normalized spacial score (nSPS) is 11.3. The Bertz CT molecular complexity index is 894. The third-order valence-corrected chi connectivity index (χ3v) is 4.27. The number of hydrogen-bond donors (Lipinski definition) is 1. The number of hydrogen-bond acceptors (Lipinski definition) is 5. The average molecular weight is 317 g/mol. The first-order valence-corrected chi connectivity index (χ1v) is 7.45. The molecule has 0 aliphatic heterocycles. The van der Waals surface area contributed by atoms with E-state index in [-0.39, 0.29) is 0 Å². The molecule has 1 N–H and O–H groups in total. The third-order valence-electron chi connectivity index (χ3n) is 3.07. The number of halogens is 1. The molecule has 6 nitrogen and oxygen atoms in total. The predicted molar refractivity (Wildman–Crippen MR) is 80.5 cm³/mol. The Morgan fingerprint density at radius 1 is 1.19 bits per heavy atom. The Morgan fingerprint density at radius 2 is 2.05 bits per heavy atom. The van der Waals surface area contributed by atoms with E-state index in [1.54, 1.807) is 10.7 Å². The number of fused-ring (bicyclic) bond motifs is 1. The lowest BCUT2D eigenvalue weighted by atomic mass is 10.1. The molecular weight excluding hydrogens is 308 g/mol. The first-order chi connectivity index (χ1) is 10.3. The van der Waals surface area contributed by atoms with Crippen LogP contribution in [0.5, 0.6) is 0 Å². The van der Waals surface area contributed by atoms with Gasteiger partial charge in [0.25, 0.3) is 0 Å². The summed E-state index contributed by atoms with van der Waals surface area (Å²) in [6.45, 7) is 0. The van der Waals surface area contributed by atoms with Gasteiger partial charge in [0.1, 0.15) is 5.69 Å². The first kappa shape index (κ1) is 12.5. The number of aromatic amines is 1. The largest absolute Gasteiger partial charge is 0.274 e. The third kappa shape index (κ3) is 2.20. The highest BCUT2D eigenvalue weighted by Gasteiger charge is 2.16. The van der Waals surface area contributed by atoms with E-state index >= 15 is 0 Å². The molecule has 0 bridgehead atoms. The SMILES string of the molecule is Clc1cn[nH]c1-c1nn2c(Cc3ccccc3)nnc2s1. The number of nitrogens with zero attached hydrogens (tertiary/aromatic N) is 5. The topological polar surface area (TPSA) is 71.8 Å². The fourth-order valence-electron chi connectivity index (χ4n) is 2.07. The Morgan fingerprint density at radius 3 is 2.81 bits per heavy atom. The van der Waals surface area contributed by atoms with Gasteiger partial charge < -0.3 is 0 Å². The average Bonchev–Trinajstić information content (AvgIpc) is 3.17. The summed E-state index contributed by atoms with van der Waals surface area (Å²) in [6, 6.07) is 10.1. The standard InChI is InChI=1S/C13H9ClN6S/c14-9-7-15-17-11(9)12-19-20-10(16-18-13(20)21-12)6-8-4-2-1-3-5-8/h1-5,7H,6H2,(H,15,17). The van der Waals surface area contributed by atoms with Crippen molar-refractivity contribution in [3.05, 3.63) is 52.9 Å². The molecule has 0 fully saturated rings. The van der Waals surface area contributed by atoms with Crippen molar-refractivity contribution < 1.29 is 0 Å². The van der Waals surface area contributed by atoms with Crippen molar-refractivity contribution in [2.75, 3.05) is 0 Å². The van der Waals surface area contributed by atoms with E-state index in [9.17, 15) is 0 Å². The van der Waals surface area contributed by atoms with Gasteiger partial charge in [-0.25, -0.2) is 0 Å². The van der Waals surface area contributed by atoms with Crippen molar-refractivity contribution in [2.24, 2.45) is 0 Å². The van der Waals surface area contributed by atoms with Gasteiger partial charge in [0.15, 0.2) is 10.8 Å². The van der Waals surface area contributed by atoms with Gasteiger partial charge in [-0.1, -0.05) is 53.3 Å². The van der Waals surface area contributed by atoms with Crippen LogP contribution >= 0.6 is 22.9 Å². The van der Waals surface area contributed by atoms with E-state index in [0.717, 1.165) is 15.8 Å². The highest BCUT2D eigenvalue weighted by Crippen LogP contribution is 2.29. The van der Waals surface area contributed by atoms with Crippen molar-refractivity contribution in [2.45, 2.75) is 6.42 Å². The number of benzene rings is 1. The molecule has 0 saturated carbocycles.